The van der Waals surface area contributed by atoms with Gasteiger partial charge in [-0.2, -0.15) is 0 Å². The second kappa shape index (κ2) is 6.99. The average Bonchev–Trinajstić information content (AvgIpc) is 2.49. The van der Waals surface area contributed by atoms with Gasteiger partial charge in [0, 0.05) is 24.8 Å². The number of anilines is 1. The van der Waals surface area contributed by atoms with Crippen molar-refractivity contribution in [3.63, 3.8) is 0 Å². The van der Waals surface area contributed by atoms with Gasteiger partial charge in [-0.05, 0) is 25.2 Å². The summed E-state index contributed by atoms with van der Waals surface area (Å²) in [7, 11) is 3.55. The zero-order valence-electron chi connectivity index (χ0n) is 12.3. The first-order chi connectivity index (χ1) is 10.1. The number of halogens is 1. The molecule has 4 heteroatoms. The lowest BCUT2D eigenvalue weighted by molar-refractivity contribution is -0.119. The summed E-state index contributed by atoms with van der Waals surface area (Å²) < 4.78 is 13.6. The Balaban J connectivity index is 1.95. The number of likely N-dealkylation sites (N-methyl/N-ethyl adjacent to an activating group) is 2. The predicted molar refractivity (Wildman–Crippen MR) is 82.6 cm³/mol. The van der Waals surface area contributed by atoms with E-state index in [1.165, 1.54) is 6.07 Å². The molecule has 0 saturated heterocycles. The van der Waals surface area contributed by atoms with Crippen molar-refractivity contribution < 1.29 is 9.18 Å². The van der Waals surface area contributed by atoms with Gasteiger partial charge < -0.3 is 4.90 Å². The van der Waals surface area contributed by atoms with Crippen LogP contribution in [0.4, 0.5) is 10.1 Å². The van der Waals surface area contributed by atoms with Gasteiger partial charge in [-0.1, -0.05) is 36.4 Å². The second-order valence-corrected chi connectivity index (χ2v) is 5.05. The Morgan fingerprint density at radius 3 is 2.29 bits per heavy atom. The van der Waals surface area contributed by atoms with E-state index < -0.39 is 0 Å². The summed E-state index contributed by atoms with van der Waals surface area (Å²) in [6, 6.07) is 16.1. The summed E-state index contributed by atoms with van der Waals surface area (Å²) in [4.78, 5) is 15.6. The molecular formula is C17H19FN2O. The average molecular weight is 286 g/mol. The van der Waals surface area contributed by atoms with Gasteiger partial charge in [-0.25, -0.2) is 4.39 Å². The highest BCUT2D eigenvalue weighted by atomic mass is 19.1. The summed E-state index contributed by atoms with van der Waals surface area (Å²) in [6.07, 6.45) is 0. The minimum atomic E-state index is -0.242. The highest BCUT2D eigenvalue weighted by Gasteiger charge is 2.14. The molecular weight excluding hydrogens is 267 g/mol. The molecule has 0 atom stereocenters. The first-order valence-corrected chi connectivity index (χ1v) is 6.81. The number of hydrogen-bond acceptors (Lipinski definition) is 2. The van der Waals surface area contributed by atoms with E-state index in [1.807, 2.05) is 37.4 Å². The molecule has 1 amide bonds. The standard InChI is InChI=1S/C17H19FN2O/c1-19(12-14-8-6-7-11-16(14)18)13-17(21)20(2)15-9-4-3-5-10-15/h3-11H,12-13H2,1-2H3. The number of benzene rings is 2. The first kappa shape index (κ1) is 15.2. The summed E-state index contributed by atoms with van der Waals surface area (Å²) >= 11 is 0. The van der Waals surface area contributed by atoms with Gasteiger partial charge in [0.05, 0.1) is 6.54 Å². The monoisotopic (exact) mass is 286 g/mol. The summed E-state index contributed by atoms with van der Waals surface area (Å²) in [5.74, 6) is -0.270. The van der Waals surface area contributed by atoms with Crippen molar-refractivity contribution in [1.29, 1.82) is 0 Å². The smallest absolute Gasteiger partial charge is 0.240 e. The molecule has 0 fully saturated rings. The van der Waals surface area contributed by atoms with Crippen molar-refractivity contribution in [3.05, 3.63) is 66.0 Å². The Morgan fingerprint density at radius 1 is 1.00 bits per heavy atom. The van der Waals surface area contributed by atoms with Crippen molar-refractivity contribution in [2.24, 2.45) is 0 Å². The zero-order chi connectivity index (χ0) is 15.2. The summed E-state index contributed by atoms with van der Waals surface area (Å²) in [6.45, 7) is 0.640. The maximum Gasteiger partial charge on any atom is 0.240 e. The molecule has 0 radical (unpaired) electrons. The fourth-order valence-corrected chi connectivity index (χ4v) is 2.11. The van der Waals surface area contributed by atoms with E-state index in [0.717, 1.165) is 5.69 Å². The van der Waals surface area contributed by atoms with E-state index in [2.05, 4.69) is 0 Å². The number of para-hydroxylation sites is 1. The highest BCUT2D eigenvalue weighted by Crippen LogP contribution is 2.12. The third-order valence-electron chi connectivity index (χ3n) is 3.32. The number of rotatable bonds is 5. The number of carbonyl (C=O) groups is 1. The third kappa shape index (κ3) is 4.13. The minimum Gasteiger partial charge on any atom is -0.314 e. The van der Waals surface area contributed by atoms with Crippen molar-refractivity contribution in [3.8, 4) is 0 Å². The minimum absolute atomic E-state index is 0.0277. The Bertz CT molecular complexity index is 601. The fourth-order valence-electron chi connectivity index (χ4n) is 2.11. The molecule has 0 aromatic heterocycles. The molecule has 2 rings (SSSR count). The maximum absolute atomic E-state index is 13.6. The third-order valence-corrected chi connectivity index (χ3v) is 3.32. The van der Waals surface area contributed by atoms with Gasteiger partial charge in [0.25, 0.3) is 0 Å². The zero-order valence-corrected chi connectivity index (χ0v) is 12.3. The van der Waals surface area contributed by atoms with Crippen LogP contribution in [0, 0.1) is 5.82 Å². The van der Waals surface area contributed by atoms with Crippen LogP contribution in [0.15, 0.2) is 54.6 Å². The van der Waals surface area contributed by atoms with Crippen LogP contribution in [0.3, 0.4) is 0 Å². The first-order valence-electron chi connectivity index (χ1n) is 6.81. The molecule has 0 N–H and O–H groups in total. The summed E-state index contributed by atoms with van der Waals surface area (Å²) in [5.41, 5.74) is 1.44. The van der Waals surface area contributed by atoms with E-state index in [0.29, 0.717) is 12.1 Å². The number of carbonyl (C=O) groups excluding carboxylic acids is 1. The Hall–Kier alpha value is -2.20. The number of nitrogens with zero attached hydrogens (tertiary/aromatic N) is 2. The van der Waals surface area contributed by atoms with Crippen molar-refractivity contribution >= 4 is 11.6 Å². The Morgan fingerprint density at radius 2 is 1.62 bits per heavy atom. The van der Waals surface area contributed by atoms with Crippen molar-refractivity contribution in [2.75, 3.05) is 25.5 Å². The van der Waals surface area contributed by atoms with Crippen LogP contribution >= 0.6 is 0 Å². The SMILES string of the molecule is CN(CC(=O)N(C)c1ccccc1)Cc1ccccc1F. The number of hydrogen-bond donors (Lipinski definition) is 0. The van der Waals surface area contributed by atoms with Crippen LogP contribution in [0.2, 0.25) is 0 Å². The van der Waals surface area contributed by atoms with Crippen molar-refractivity contribution in [2.45, 2.75) is 6.54 Å². The van der Waals surface area contributed by atoms with E-state index >= 15 is 0 Å². The van der Waals surface area contributed by atoms with E-state index in [9.17, 15) is 9.18 Å². The van der Waals surface area contributed by atoms with Gasteiger partial charge in [0.1, 0.15) is 5.82 Å². The summed E-state index contributed by atoms with van der Waals surface area (Å²) in [5, 5.41) is 0. The topological polar surface area (TPSA) is 23.6 Å². The van der Waals surface area contributed by atoms with Crippen molar-refractivity contribution in [1.82, 2.24) is 4.90 Å². The molecule has 0 bridgehead atoms. The second-order valence-electron chi connectivity index (χ2n) is 5.05. The van der Waals surface area contributed by atoms with E-state index in [-0.39, 0.29) is 18.3 Å². The Labute approximate surface area is 124 Å². The van der Waals surface area contributed by atoms with Crippen LogP contribution in [-0.4, -0.2) is 31.4 Å². The van der Waals surface area contributed by atoms with Gasteiger partial charge in [0.2, 0.25) is 5.91 Å². The molecule has 21 heavy (non-hydrogen) atoms. The van der Waals surface area contributed by atoms with Crippen LogP contribution in [0.1, 0.15) is 5.56 Å². The molecule has 0 saturated carbocycles. The van der Waals surface area contributed by atoms with Gasteiger partial charge in [-0.3, -0.25) is 9.69 Å². The maximum atomic E-state index is 13.6. The lowest BCUT2D eigenvalue weighted by Crippen LogP contribution is -2.36. The fraction of sp³-hybridized carbons (Fsp3) is 0.235. The van der Waals surface area contributed by atoms with E-state index in [4.69, 9.17) is 0 Å². The molecule has 0 aliphatic carbocycles. The lowest BCUT2D eigenvalue weighted by atomic mass is 10.2. The number of amides is 1. The molecule has 0 aliphatic rings. The van der Waals surface area contributed by atoms with Crippen LogP contribution < -0.4 is 4.90 Å². The Kier molecular flexibility index (Phi) is 5.06. The van der Waals surface area contributed by atoms with Gasteiger partial charge in [-0.15, -0.1) is 0 Å². The lowest BCUT2D eigenvalue weighted by Gasteiger charge is -2.22. The molecule has 0 heterocycles. The van der Waals surface area contributed by atoms with Gasteiger partial charge >= 0.3 is 0 Å². The van der Waals surface area contributed by atoms with Gasteiger partial charge in [0.15, 0.2) is 0 Å². The molecule has 2 aromatic rings. The molecule has 0 unspecified atom stereocenters. The molecule has 0 spiro atoms. The predicted octanol–water partition coefficient (Wildman–Crippen LogP) is 2.92. The normalized spacial score (nSPS) is 10.7. The molecule has 2 aromatic carbocycles. The molecule has 0 aliphatic heterocycles. The van der Waals surface area contributed by atoms with Crippen LogP contribution in [0.5, 0.6) is 0 Å². The largest absolute Gasteiger partial charge is 0.314 e. The van der Waals surface area contributed by atoms with E-state index in [1.54, 1.807) is 35.0 Å². The van der Waals surface area contributed by atoms with Crippen LogP contribution in [-0.2, 0) is 11.3 Å². The highest BCUT2D eigenvalue weighted by molar-refractivity contribution is 5.94. The van der Waals surface area contributed by atoms with Crippen LogP contribution in [0.25, 0.3) is 0 Å². The quantitative estimate of drug-likeness (QED) is 0.843. The molecule has 110 valence electrons. The molecule has 3 nitrogen and oxygen atoms in total.